The summed E-state index contributed by atoms with van der Waals surface area (Å²) in [6, 6.07) is 5.69. The molecule has 0 saturated heterocycles. The fraction of sp³-hybridized carbons (Fsp3) is 0.462. The van der Waals surface area contributed by atoms with Crippen LogP contribution in [0.4, 0.5) is 5.69 Å². The minimum Gasteiger partial charge on any atom is -0.492 e. The third-order valence-corrected chi connectivity index (χ3v) is 2.28. The number of ether oxygens (including phenoxy) is 1. The minimum absolute atomic E-state index is 0.120. The Hall–Kier alpha value is -1.55. The number of hydrogen-bond acceptors (Lipinski definition) is 3. The third-order valence-electron chi connectivity index (χ3n) is 2.28. The van der Waals surface area contributed by atoms with Gasteiger partial charge in [0, 0.05) is 13.5 Å². The van der Waals surface area contributed by atoms with Crippen molar-refractivity contribution in [2.75, 3.05) is 18.5 Å². The van der Waals surface area contributed by atoms with Crippen molar-refractivity contribution in [3.8, 4) is 5.75 Å². The first-order chi connectivity index (χ1) is 8.17. The van der Waals surface area contributed by atoms with Crippen LogP contribution in [-0.4, -0.2) is 24.2 Å². The molecule has 1 aromatic carbocycles. The predicted octanol–water partition coefficient (Wildman–Crippen LogP) is 1.97. The van der Waals surface area contributed by atoms with Crippen molar-refractivity contribution in [1.29, 1.82) is 0 Å². The van der Waals surface area contributed by atoms with Gasteiger partial charge in [-0.1, -0.05) is 6.07 Å². The summed E-state index contributed by atoms with van der Waals surface area (Å²) < 4.78 is 5.43. The lowest BCUT2D eigenvalue weighted by Gasteiger charge is -2.12. The van der Waals surface area contributed by atoms with Crippen LogP contribution < -0.4 is 10.1 Å². The Morgan fingerprint density at radius 1 is 1.47 bits per heavy atom. The van der Waals surface area contributed by atoms with Crippen molar-refractivity contribution in [2.45, 2.75) is 26.7 Å². The largest absolute Gasteiger partial charge is 0.492 e. The van der Waals surface area contributed by atoms with Crippen molar-refractivity contribution < 1.29 is 14.6 Å². The third kappa shape index (κ3) is 4.44. The molecule has 0 radical (unpaired) electrons. The Labute approximate surface area is 102 Å². The van der Waals surface area contributed by atoms with Gasteiger partial charge >= 0.3 is 0 Å². The van der Waals surface area contributed by atoms with E-state index in [0.29, 0.717) is 24.5 Å². The molecular weight excluding hydrogens is 218 g/mol. The van der Waals surface area contributed by atoms with E-state index in [2.05, 4.69) is 5.32 Å². The van der Waals surface area contributed by atoms with E-state index in [4.69, 9.17) is 9.84 Å². The Balaban J connectivity index is 2.88. The molecule has 0 saturated carbocycles. The molecule has 1 rings (SSSR count). The molecule has 4 nitrogen and oxygen atoms in total. The molecule has 94 valence electrons. The fourth-order valence-corrected chi connectivity index (χ4v) is 1.58. The summed E-state index contributed by atoms with van der Waals surface area (Å²) in [6.45, 7) is 4.10. The highest BCUT2D eigenvalue weighted by Gasteiger charge is 2.06. The van der Waals surface area contributed by atoms with Gasteiger partial charge in [0.25, 0.3) is 0 Å². The lowest BCUT2D eigenvalue weighted by molar-refractivity contribution is -0.114. The molecule has 0 aliphatic rings. The number of anilines is 1. The highest BCUT2D eigenvalue weighted by Crippen LogP contribution is 2.26. The smallest absolute Gasteiger partial charge is 0.221 e. The van der Waals surface area contributed by atoms with Gasteiger partial charge in [0.1, 0.15) is 5.75 Å². The minimum atomic E-state index is -0.120. The van der Waals surface area contributed by atoms with Gasteiger partial charge in [-0.2, -0.15) is 0 Å². The molecule has 0 atom stereocenters. The normalized spacial score (nSPS) is 10.1. The molecule has 2 N–H and O–H groups in total. The highest BCUT2D eigenvalue weighted by molar-refractivity contribution is 5.90. The number of amides is 1. The summed E-state index contributed by atoms with van der Waals surface area (Å²) in [5.74, 6) is 0.556. The first kappa shape index (κ1) is 13.5. The number of hydrogen-bond donors (Lipinski definition) is 2. The van der Waals surface area contributed by atoms with Gasteiger partial charge in [-0.25, -0.2) is 0 Å². The Morgan fingerprint density at radius 3 is 2.82 bits per heavy atom. The maximum Gasteiger partial charge on any atom is 0.221 e. The molecule has 0 aromatic heterocycles. The fourth-order valence-electron chi connectivity index (χ4n) is 1.58. The van der Waals surface area contributed by atoms with Gasteiger partial charge in [-0.05, 0) is 37.5 Å². The lowest BCUT2D eigenvalue weighted by Crippen LogP contribution is -2.08. The number of aliphatic hydroxyl groups is 1. The Bertz CT molecular complexity index is 377. The zero-order valence-corrected chi connectivity index (χ0v) is 10.3. The van der Waals surface area contributed by atoms with Crippen LogP contribution in [0.3, 0.4) is 0 Å². The molecule has 0 aliphatic carbocycles. The first-order valence-corrected chi connectivity index (χ1v) is 5.81. The molecule has 1 aromatic rings. The molecule has 4 heteroatoms. The molecule has 1 amide bonds. The quantitative estimate of drug-likeness (QED) is 0.795. The number of rotatable bonds is 6. The van der Waals surface area contributed by atoms with E-state index in [-0.39, 0.29) is 12.5 Å². The van der Waals surface area contributed by atoms with Crippen LogP contribution in [0.2, 0.25) is 0 Å². The SMILES string of the molecule is CCOc1ccc(CCCO)cc1NC(C)=O. The molecule has 17 heavy (non-hydrogen) atoms. The molecular formula is C13H19NO3. The lowest BCUT2D eigenvalue weighted by atomic mass is 10.1. The summed E-state index contributed by atoms with van der Waals surface area (Å²) >= 11 is 0. The van der Waals surface area contributed by atoms with E-state index in [9.17, 15) is 4.79 Å². The predicted molar refractivity (Wildman–Crippen MR) is 67.3 cm³/mol. The van der Waals surface area contributed by atoms with Gasteiger partial charge < -0.3 is 15.2 Å². The second-order valence-electron chi connectivity index (χ2n) is 3.77. The van der Waals surface area contributed by atoms with E-state index in [0.717, 1.165) is 12.0 Å². The molecule has 0 spiro atoms. The summed E-state index contributed by atoms with van der Waals surface area (Å²) in [6.07, 6.45) is 1.50. The number of benzene rings is 1. The zero-order valence-electron chi connectivity index (χ0n) is 10.3. The van der Waals surface area contributed by atoms with Gasteiger partial charge in [-0.3, -0.25) is 4.79 Å². The summed E-state index contributed by atoms with van der Waals surface area (Å²) in [7, 11) is 0. The van der Waals surface area contributed by atoms with E-state index in [1.165, 1.54) is 6.92 Å². The van der Waals surface area contributed by atoms with Crippen molar-refractivity contribution >= 4 is 11.6 Å². The average Bonchev–Trinajstić information content (AvgIpc) is 2.29. The molecule has 0 heterocycles. The highest BCUT2D eigenvalue weighted by atomic mass is 16.5. The van der Waals surface area contributed by atoms with E-state index in [1.54, 1.807) is 0 Å². The summed E-state index contributed by atoms with van der Waals surface area (Å²) in [5.41, 5.74) is 1.76. The van der Waals surface area contributed by atoms with Crippen LogP contribution in [0.25, 0.3) is 0 Å². The van der Waals surface area contributed by atoms with Crippen LogP contribution in [0.5, 0.6) is 5.75 Å². The maximum atomic E-state index is 11.1. The molecule has 0 fully saturated rings. The topological polar surface area (TPSA) is 58.6 Å². The van der Waals surface area contributed by atoms with Crippen molar-refractivity contribution in [2.24, 2.45) is 0 Å². The summed E-state index contributed by atoms with van der Waals surface area (Å²) in [4.78, 5) is 11.1. The monoisotopic (exact) mass is 237 g/mol. The van der Waals surface area contributed by atoms with E-state index in [1.807, 2.05) is 25.1 Å². The maximum absolute atomic E-state index is 11.1. The Kier molecular flexibility index (Phi) is 5.49. The van der Waals surface area contributed by atoms with Crippen LogP contribution in [0.1, 0.15) is 25.8 Å². The van der Waals surface area contributed by atoms with Crippen LogP contribution >= 0.6 is 0 Å². The van der Waals surface area contributed by atoms with Gasteiger partial charge in [-0.15, -0.1) is 0 Å². The second kappa shape index (κ2) is 6.91. The average molecular weight is 237 g/mol. The van der Waals surface area contributed by atoms with Gasteiger partial charge in [0.15, 0.2) is 0 Å². The second-order valence-corrected chi connectivity index (χ2v) is 3.77. The van der Waals surface area contributed by atoms with E-state index >= 15 is 0 Å². The number of aliphatic hydroxyl groups excluding tert-OH is 1. The molecule has 0 bridgehead atoms. The van der Waals surface area contributed by atoms with Gasteiger partial charge in [0.2, 0.25) is 5.91 Å². The zero-order chi connectivity index (χ0) is 12.7. The number of carbonyl (C=O) groups is 1. The van der Waals surface area contributed by atoms with Crippen LogP contribution in [-0.2, 0) is 11.2 Å². The van der Waals surface area contributed by atoms with Crippen molar-refractivity contribution in [3.05, 3.63) is 23.8 Å². The van der Waals surface area contributed by atoms with Crippen LogP contribution in [0.15, 0.2) is 18.2 Å². The van der Waals surface area contributed by atoms with E-state index < -0.39 is 0 Å². The van der Waals surface area contributed by atoms with Crippen LogP contribution in [0, 0.1) is 0 Å². The Morgan fingerprint density at radius 2 is 2.24 bits per heavy atom. The standard InChI is InChI=1S/C13H19NO3/c1-3-17-13-7-6-11(5-4-8-15)9-12(13)14-10(2)16/h6-7,9,15H,3-5,8H2,1-2H3,(H,14,16). The van der Waals surface area contributed by atoms with Crippen molar-refractivity contribution in [1.82, 2.24) is 0 Å². The van der Waals surface area contributed by atoms with Gasteiger partial charge in [0.05, 0.1) is 12.3 Å². The summed E-state index contributed by atoms with van der Waals surface area (Å²) in [5, 5.41) is 11.5. The first-order valence-electron chi connectivity index (χ1n) is 5.81. The number of nitrogens with one attached hydrogen (secondary N) is 1. The number of carbonyl (C=O) groups excluding carboxylic acids is 1. The molecule has 0 unspecified atom stereocenters. The molecule has 0 aliphatic heterocycles. The number of aryl methyl sites for hydroxylation is 1. The van der Waals surface area contributed by atoms with Crippen molar-refractivity contribution in [3.63, 3.8) is 0 Å².